The summed E-state index contributed by atoms with van der Waals surface area (Å²) in [5.41, 5.74) is 3.11. The van der Waals surface area contributed by atoms with Gasteiger partial charge in [0.25, 0.3) is 0 Å². The van der Waals surface area contributed by atoms with Crippen molar-refractivity contribution in [2.75, 3.05) is 6.61 Å². The van der Waals surface area contributed by atoms with Gasteiger partial charge in [0.2, 0.25) is 0 Å². The number of hydrogen-bond acceptors (Lipinski definition) is 2. The van der Waals surface area contributed by atoms with Gasteiger partial charge >= 0.3 is 0 Å². The van der Waals surface area contributed by atoms with Gasteiger partial charge in [-0.15, -0.1) is 0 Å². The Hall–Kier alpha value is -2.09. The fourth-order valence-electron chi connectivity index (χ4n) is 3.34. The summed E-state index contributed by atoms with van der Waals surface area (Å²) in [4.78, 5) is 12.3. The van der Waals surface area contributed by atoms with Gasteiger partial charge in [0, 0.05) is 12.0 Å². The molecule has 2 nitrogen and oxygen atoms in total. The maximum Gasteiger partial charge on any atom is 0.162 e. The highest BCUT2D eigenvalue weighted by Gasteiger charge is 2.06. The minimum Gasteiger partial charge on any atom is -0.494 e. The van der Waals surface area contributed by atoms with Crippen molar-refractivity contribution in [3.8, 4) is 16.9 Å². The van der Waals surface area contributed by atoms with Gasteiger partial charge in [0.05, 0.1) is 6.61 Å². The molecule has 0 unspecified atom stereocenters. The lowest BCUT2D eigenvalue weighted by Crippen LogP contribution is -1.99. The summed E-state index contributed by atoms with van der Waals surface area (Å²) in [6, 6.07) is 16.3. The summed E-state index contributed by atoms with van der Waals surface area (Å²) < 4.78 is 5.81. The molecular weight excluding hydrogens is 344 g/mol. The lowest BCUT2D eigenvalue weighted by molar-refractivity contribution is 0.0979. The van der Waals surface area contributed by atoms with Gasteiger partial charge in [-0.25, -0.2) is 0 Å². The second-order valence-corrected chi connectivity index (χ2v) is 7.60. The molecule has 0 aromatic heterocycles. The maximum absolute atomic E-state index is 12.3. The Bertz CT molecular complexity index is 671. The molecule has 0 aliphatic heterocycles. The predicted octanol–water partition coefficient (Wildman–Crippen LogP) is 7.86. The molecule has 0 atom stereocenters. The molecule has 2 heteroatoms. The van der Waals surface area contributed by atoms with Crippen LogP contribution in [0.1, 0.15) is 88.4 Å². The molecule has 0 saturated carbocycles. The Morgan fingerprint density at radius 2 is 1.21 bits per heavy atom. The van der Waals surface area contributed by atoms with Crippen LogP contribution in [0.25, 0.3) is 11.1 Å². The topological polar surface area (TPSA) is 26.3 Å². The molecule has 0 bridgehead atoms. The normalized spacial score (nSPS) is 10.8. The molecule has 0 N–H and O–H groups in total. The fraction of sp³-hybridized carbons (Fsp3) is 0.500. The first-order chi connectivity index (χ1) is 13.7. The molecule has 0 spiro atoms. The summed E-state index contributed by atoms with van der Waals surface area (Å²) in [5.74, 6) is 1.19. The number of ketones is 1. The molecule has 2 aromatic rings. The number of ether oxygens (including phenoxy) is 1. The van der Waals surface area contributed by atoms with Gasteiger partial charge in [-0.2, -0.15) is 0 Å². The lowest BCUT2D eigenvalue weighted by atomic mass is 10.00. The van der Waals surface area contributed by atoms with Crippen molar-refractivity contribution < 1.29 is 9.53 Å². The predicted molar refractivity (Wildman–Crippen MR) is 119 cm³/mol. The number of benzene rings is 2. The Kier molecular flexibility index (Phi) is 10.4. The number of carbonyl (C=O) groups excluding carboxylic acids is 1. The minimum absolute atomic E-state index is 0.259. The Morgan fingerprint density at radius 3 is 1.82 bits per heavy atom. The van der Waals surface area contributed by atoms with Crippen molar-refractivity contribution in [2.24, 2.45) is 0 Å². The third-order valence-electron chi connectivity index (χ3n) is 5.17. The first kappa shape index (κ1) is 22.2. The highest BCUT2D eigenvalue weighted by molar-refractivity contribution is 5.96. The van der Waals surface area contributed by atoms with Gasteiger partial charge in [0.1, 0.15) is 5.75 Å². The first-order valence-electron chi connectivity index (χ1n) is 11.1. The number of rotatable bonds is 14. The molecule has 0 aliphatic rings. The largest absolute Gasteiger partial charge is 0.494 e. The number of Topliss-reactive ketones (excluding diaryl/α,β-unsaturated/α-hetero) is 1. The van der Waals surface area contributed by atoms with Crippen LogP contribution in [0, 0.1) is 0 Å². The molecule has 0 aliphatic carbocycles. The smallest absolute Gasteiger partial charge is 0.162 e. The average Bonchev–Trinajstić information content (AvgIpc) is 2.74. The number of hydrogen-bond donors (Lipinski definition) is 0. The molecule has 2 rings (SSSR count). The molecule has 28 heavy (non-hydrogen) atoms. The van der Waals surface area contributed by atoms with E-state index < -0.39 is 0 Å². The van der Waals surface area contributed by atoms with E-state index in [0.717, 1.165) is 48.3 Å². The van der Waals surface area contributed by atoms with E-state index in [0.29, 0.717) is 6.42 Å². The zero-order valence-corrected chi connectivity index (χ0v) is 17.7. The van der Waals surface area contributed by atoms with E-state index >= 15 is 0 Å². The van der Waals surface area contributed by atoms with E-state index in [9.17, 15) is 4.79 Å². The lowest BCUT2D eigenvalue weighted by Gasteiger charge is -2.08. The SMILES string of the molecule is CCCCCCCC(=O)c1ccc(-c2ccc(OCCCCCC)cc2)cc1. The average molecular weight is 381 g/mol. The molecule has 152 valence electrons. The Balaban J connectivity index is 1.81. The second-order valence-electron chi connectivity index (χ2n) is 7.60. The number of unbranched alkanes of at least 4 members (excludes halogenated alkanes) is 7. The molecule has 2 aromatic carbocycles. The van der Waals surface area contributed by atoms with E-state index in [1.54, 1.807) is 0 Å². The van der Waals surface area contributed by atoms with Crippen LogP contribution in [0.15, 0.2) is 48.5 Å². The van der Waals surface area contributed by atoms with E-state index in [1.165, 1.54) is 38.5 Å². The Labute approximate surface area is 171 Å². The quantitative estimate of drug-likeness (QED) is 0.246. The molecule has 0 saturated heterocycles. The third kappa shape index (κ3) is 7.88. The zero-order valence-electron chi connectivity index (χ0n) is 17.7. The monoisotopic (exact) mass is 380 g/mol. The van der Waals surface area contributed by atoms with Gasteiger partial charge in [-0.1, -0.05) is 95.2 Å². The molecule has 0 fully saturated rings. The highest BCUT2D eigenvalue weighted by atomic mass is 16.5. The fourth-order valence-corrected chi connectivity index (χ4v) is 3.34. The van der Waals surface area contributed by atoms with Crippen molar-refractivity contribution in [2.45, 2.75) is 78.1 Å². The highest BCUT2D eigenvalue weighted by Crippen LogP contribution is 2.23. The van der Waals surface area contributed by atoms with Gasteiger partial charge in [-0.05, 0) is 36.1 Å². The van der Waals surface area contributed by atoms with Crippen molar-refractivity contribution in [1.29, 1.82) is 0 Å². The van der Waals surface area contributed by atoms with Crippen molar-refractivity contribution in [3.63, 3.8) is 0 Å². The van der Waals surface area contributed by atoms with Crippen molar-refractivity contribution in [3.05, 3.63) is 54.1 Å². The summed E-state index contributed by atoms with van der Waals surface area (Å²) in [6.07, 6.45) is 11.4. The Morgan fingerprint density at radius 1 is 0.679 bits per heavy atom. The van der Waals surface area contributed by atoms with E-state index in [4.69, 9.17) is 4.74 Å². The molecule has 0 amide bonds. The third-order valence-corrected chi connectivity index (χ3v) is 5.17. The van der Waals surface area contributed by atoms with Crippen molar-refractivity contribution >= 4 is 5.78 Å². The summed E-state index contributed by atoms with van der Waals surface area (Å²) in [7, 11) is 0. The van der Waals surface area contributed by atoms with Gasteiger partial charge < -0.3 is 4.74 Å². The first-order valence-corrected chi connectivity index (χ1v) is 11.1. The summed E-state index contributed by atoms with van der Waals surface area (Å²) in [6.45, 7) is 5.22. The minimum atomic E-state index is 0.259. The van der Waals surface area contributed by atoms with Crippen LogP contribution in [0.5, 0.6) is 5.75 Å². The van der Waals surface area contributed by atoms with E-state index in [2.05, 4.69) is 26.0 Å². The molecule has 0 heterocycles. The van der Waals surface area contributed by atoms with Crippen LogP contribution in [0.2, 0.25) is 0 Å². The van der Waals surface area contributed by atoms with Crippen molar-refractivity contribution in [1.82, 2.24) is 0 Å². The van der Waals surface area contributed by atoms with Crippen LogP contribution in [-0.4, -0.2) is 12.4 Å². The standard InChI is InChI=1S/C26H36O2/c1-3-5-7-9-10-12-26(27)24-15-13-22(14-16-24)23-17-19-25(20-18-23)28-21-11-8-6-4-2/h13-20H,3-12,21H2,1-2H3. The van der Waals surface area contributed by atoms with E-state index in [-0.39, 0.29) is 5.78 Å². The van der Waals surface area contributed by atoms with Crippen LogP contribution in [0.4, 0.5) is 0 Å². The molecular formula is C26H36O2. The maximum atomic E-state index is 12.3. The van der Waals surface area contributed by atoms with Crippen LogP contribution in [0.3, 0.4) is 0 Å². The number of carbonyl (C=O) groups is 1. The van der Waals surface area contributed by atoms with Gasteiger partial charge in [-0.3, -0.25) is 4.79 Å². The van der Waals surface area contributed by atoms with Gasteiger partial charge in [0.15, 0.2) is 5.78 Å². The van der Waals surface area contributed by atoms with Crippen LogP contribution in [-0.2, 0) is 0 Å². The van der Waals surface area contributed by atoms with E-state index in [1.807, 2.05) is 36.4 Å². The summed E-state index contributed by atoms with van der Waals surface area (Å²) in [5, 5.41) is 0. The summed E-state index contributed by atoms with van der Waals surface area (Å²) >= 11 is 0. The van der Waals surface area contributed by atoms with Crippen LogP contribution >= 0.6 is 0 Å². The molecule has 0 radical (unpaired) electrons. The second kappa shape index (κ2) is 13.1. The zero-order chi connectivity index (χ0) is 20.0. The van der Waals surface area contributed by atoms with Crippen LogP contribution < -0.4 is 4.74 Å².